The maximum atomic E-state index is 13.9. The van der Waals surface area contributed by atoms with Crippen molar-refractivity contribution in [2.75, 3.05) is 18.0 Å². The summed E-state index contributed by atoms with van der Waals surface area (Å²) in [6.07, 6.45) is 1.43. The highest BCUT2D eigenvalue weighted by Crippen LogP contribution is 2.27. The van der Waals surface area contributed by atoms with E-state index in [1.54, 1.807) is 23.1 Å². The predicted octanol–water partition coefficient (Wildman–Crippen LogP) is 4.76. The van der Waals surface area contributed by atoms with E-state index in [1.807, 2.05) is 13.8 Å². The summed E-state index contributed by atoms with van der Waals surface area (Å²) in [6.45, 7) is 5.37. The molecule has 2 aromatic carbocycles. The fourth-order valence-electron chi connectivity index (χ4n) is 3.64. The summed E-state index contributed by atoms with van der Waals surface area (Å²) in [5, 5.41) is 0. The van der Waals surface area contributed by atoms with E-state index in [2.05, 4.69) is 4.90 Å². The molecule has 1 fully saturated rings. The lowest BCUT2D eigenvalue weighted by atomic mass is 9.99. The molecule has 0 spiro atoms. The van der Waals surface area contributed by atoms with E-state index in [9.17, 15) is 18.0 Å². The molecule has 0 atom stereocenters. The van der Waals surface area contributed by atoms with Gasteiger partial charge in [-0.3, -0.25) is 9.69 Å². The van der Waals surface area contributed by atoms with Gasteiger partial charge in [0.1, 0.15) is 5.82 Å². The number of rotatable bonds is 5. The van der Waals surface area contributed by atoms with Crippen LogP contribution in [0.2, 0.25) is 0 Å². The Labute approximate surface area is 163 Å². The summed E-state index contributed by atoms with van der Waals surface area (Å²) < 4.78 is 40.6. The van der Waals surface area contributed by atoms with Crippen LogP contribution in [0.5, 0.6) is 0 Å². The van der Waals surface area contributed by atoms with Crippen LogP contribution in [0, 0.1) is 23.4 Å². The SMILES string of the molecule is CC(C)C(=O)N(c1ccc(F)cc1)C1CCN(Cc2cccc(F)c2F)CC1. The molecule has 0 saturated carbocycles. The van der Waals surface area contributed by atoms with E-state index in [-0.39, 0.29) is 23.7 Å². The Balaban J connectivity index is 1.70. The standard InChI is InChI=1S/C22H25F3N2O/c1-15(2)22(28)27(18-8-6-17(23)7-9-18)19-10-12-26(13-11-19)14-16-4-3-5-20(24)21(16)25/h3-9,15,19H,10-14H2,1-2H3. The Hall–Kier alpha value is -2.34. The minimum Gasteiger partial charge on any atom is -0.309 e. The van der Waals surface area contributed by atoms with Gasteiger partial charge in [0.2, 0.25) is 5.91 Å². The van der Waals surface area contributed by atoms with Crippen LogP contribution >= 0.6 is 0 Å². The molecule has 0 N–H and O–H groups in total. The normalized spacial score (nSPS) is 15.8. The van der Waals surface area contributed by atoms with Crippen LogP contribution < -0.4 is 4.90 Å². The highest BCUT2D eigenvalue weighted by Gasteiger charge is 2.30. The van der Waals surface area contributed by atoms with E-state index in [0.29, 0.717) is 43.7 Å². The number of anilines is 1. The quantitative estimate of drug-likeness (QED) is 0.735. The van der Waals surface area contributed by atoms with Gasteiger partial charge >= 0.3 is 0 Å². The molecule has 1 aliphatic heterocycles. The molecule has 6 heteroatoms. The van der Waals surface area contributed by atoms with Gasteiger partial charge in [-0.2, -0.15) is 0 Å². The number of likely N-dealkylation sites (tertiary alicyclic amines) is 1. The number of carbonyl (C=O) groups excluding carboxylic acids is 1. The second-order valence-corrected chi connectivity index (χ2v) is 7.56. The van der Waals surface area contributed by atoms with E-state index in [1.165, 1.54) is 18.2 Å². The Morgan fingerprint density at radius 2 is 1.71 bits per heavy atom. The van der Waals surface area contributed by atoms with Crippen molar-refractivity contribution in [1.29, 1.82) is 0 Å². The van der Waals surface area contributed by atoms with Crippen molar-refractivity contribution in [3.05, 3.63) is 65.5 Å². The largest absolute Gasteiger partial charge is 0.309 e. The number of halogens is 3. The molecule has 1 amide bonds. The summed E-state index contributed by atoms with van der Waals surface area (Å²) in [5.74, 6) is -2.15. The molecule has 1 heterocycles. The zero-order chi connectivity index (χ0) is 20.3. The van der Waals surface area contributed by atoms with Gasteiger partial charge < -0.3 is 4.90 Å². The topological polar surface area (TPSA) is 23.6 Å². The van der Waals surface area contributed by atoms with Gasteiger partial charge in [0, 0.05) is 42.8 Å². The Morgan fingerprint density at radius 3 is 2.32 bits per heavy atom. The zero-order valence-electron chi connectivity index (χ0n) is 16.2. The minimum absolute atomic E-state index is 0.00114. The van der Waals surface area contributed by atoms with Gasteiger partial charge in [-0.1, -0.05) is 26.0 Å². The Kier molecular flexibility index (Phi) is 6.39. The summed E-state index contributed by atoms with van der Waals surface area (Å²) >= 11 is 0. The second kappa shape index (κ2) is 8.78. The maximum absolute atomic E-state index is 13.9. The molecule has 1 aliphatic rings. The molecule has 1 saturated heterocycles. The molecule has 3 rings (SSSR count). The first-order valence-electron chi connectivity index (χ1n) is 9.60. The van der Waals surface area contributed by atoms with E-state index in [4.69, 9.17) is 0 Å². The van der Waals surface area contributed by atoms with Gasteiger partial charge in [0.25, 0.3) is 0 Å². The van der Waals surface area contributed by atoms with Gasteiger partial charge in [0.05, 0.1) is 0 Å². The van der Waals surface area contributed by atoms with Gasteiger partial charge in [0.15, 0.2) is 11.6 Å². The van der Waals surface area contributed by atoms with Crippen LogP contribution in [0.15, 0.2) is 42.5 Å². The first-order chi connectivity index (χ1) is 13.4. The van der Waals surface area contributed by atoms with Crippen molar-refractivity contribution in [2.24, 2.45) is 5.92 Å². The zero-order valence-corrected chi connectivity index (χ0v) is 16.2. The minimum atomic E-state index is -0.836. The van der Waals surface area contributed by atoms with Crippen molar-refractivity contribution < 1.29 is 18.0 Å². The maximum Gasteiger partial charge on any atom is 0.229 e. The summed E-state index contributed by atoms with van der Waals surface area (Å²) in [7, 11) is 0. The van der Waals surface area contributed by atoms with Crippen LogP contribution in [0.1, 0.15) is 32.3 Å². The number of piperidine rings is 1. The van der Waals surface area contributed by atoms with Crippen molar-refractivity contribution >= 4 is 11.6 Å². The Bertz CT molecular complexity index is 815. The molecule has 150 valence electrons. The molecule has 0 bridgehead atoms. The molecular weight excluding hydrogens is 365 g/mol. The summed E-state index contributed by atoms with van der Waals surface area (Å²) in [5.41, 5.74) is 1.03. The summed E-state index contributed by atoms with van der Waals surface area (Å²) in [4.78, 5) is 16.6. The van der Waals surface area contributed by atoms with Crippen LogP contribution in [-0.4, -0.2) is 29.9 Å². The molecule has 0 radical (unpaired) electrons. The monoisotopic (exact) mass is 390 g/mol. The fourth-order valence-corrected chi connectivity index (χ4v) is 3.64. The lowest BCUT2D eigenvalue weighted by Gasteiger charge is -2.39. The highest BCUT2D eigenvalue weighted by molar-refractivity contribution is 5.95. The van der Waals surface area contributed by atoms with Gasteiger partial charge in [-0.25, -0.2) is 13.2 Å². The van der Waals surface area contributed by atoms with Crippen molar-refractivity contribution in [2.45, 2.75) is 39.3 Å². The molecule has 3 nitrogen and oxygen atoms in total. The van der Waals surface area contributed by atoms with Crippen LogP contribution in [0.3, 0.4) is 0 Å². The third-order valence-corrected chi connectivity index (χ3v) is 5.18. The number of nitrogens with zero attached hydrogens (tertiary/aromatic N) is 2. The molecule has 28 heavy (non-hydrogen) atoms. The van der Waals surface area contributed by atoms with Crippen molar-refractivity contribution in [1.82, 2.24) is 4.90 Å². The smallest absolute Gasteiger partial charge is 0.229 e. The van der Waals surface area contributed by atoms with E-state index < -0.39 is 11.6 Å². The average molecular weight is 390 g/mol. The van der Waals surface area contributed by atoms with Gasteiger partial charge in [-0.15, -0.1) is 0 Å². The number of hydrogen-bond donors (Lipinski definition) is 0. The molecule has 2 aromatic rings. The molecule has 0 aliphatic carbocycles. The van der Waals surface area contributed by atoms with Crippen LogP contribution in [0.4, 0.5) is 18.9 Å². The van der Waals surface area contributed by atoms with Crippen molar-refractivity contribution in [3.63, 3.8) is 0 Å². The number of carbonyl (C=O) groups is 1. The highest BCUT2D eigenvalue weighted by atomic mass is 19.2. The lowest BCUT2D eigenvalue weighted by Crippen LogP contribution is -2.48. The van der Waals surface area contributed by atoms with Crippen LogP contribution in [0.25, 0.3) is 0 Å². The molecule has 0 unspecified atom stereocenters. The first-order valence-corrected chi connectivity index (χ1v) is 9.60. The number of amides is 1. The third kappa shape index (κ3) is 4.55. The number of benzene rings is 2. The summed E-state index contributed by atoms with van der Waals surface area (Å²) in [6, 6.07) is 10.2. The second-order valence-electron chi connectivity index (χ2n) is 7.56. The molecule has 0 aromatic heterocycles. The van der Waals surface area contributed by atoms with E-state index >= 15 is 0 Å². The average Bonchev–Trinajstić information content (AvgIpc) is 2.68. The third-order valence-electron chi connectivity index (χ3n) is 5.18. The first kappa shape index (κ1) is 20.4. The number of hydrogen-bond acceptors (Lipinski definition) is 2. The lowest BCUT2D eigenvalue weighted by molar-refractivity contribution is -0.122. The fraction of sp³-hybridized carbons (Fsp3) is 0.409. The van der Waals surface area contributed by atoms with Crippen molar-refractivity contribution in [3.8, 4) is 0 Å². The van der Waals surface area contributed by atoms with E-state index in [0.717, 1.165) is 6.07 Å². The van der Waals surface area contributed by atoms with Gasteiger partial charge in [-0.05, 0) is 43.2 Å². The predicted molar refractivity (Wildman–Crippen MR) is 103 cm³/mol. The Morgan fingerprint density at radius 1 is 1.07 bits per heavy atom. The van der Waals surface area contributed by atoms with Crippen LogP contribution in [-0.2, 0) is 11.3 Å². The molecular formula is C22H25F3N2O.